The number of ether oxygens (including phenoxy) is 1. The number of rotatable bonds is 7. The van der Waals surface area contributed by atoms with Gasteiger partial charge in [-0.15, -0.1) is 0 Å². The van der Waals surface area contributed by atoms with Crippen molar-refractivity contribution in [1.82, 2.24) is 0 Å². The van der Waals surface area contributed by atoms with Crippen LogP contribution >= 0.6 is 11.6 Å². The van der Waals surface area contributed by atoms with Gasteiger partial charge in [-0.05, 0) is 36.6 Å². The van der Waals surface area contributed by atoms with E-state index in [1.54, 1.807) is 6.07 Å². The maximum atomic E-state index is 12.0. The summed E-state index contributed by atoms with van der Waals surface area (Å²) in [5.74, 6) is 0.756. The summed E-state index contributed by atoms with van der Waals surface area (Å²) in [4.78, 5) is 0. The molecule has 0 saturated heterocycles. The topological polar surface area (TPSA) is 35.2 Å². The lowest BCUT2D eigenvalue weighted by Crippen LogP contribution is -2.21. The van der Waals surface area contributed by atoms with E-state index in [2.05, 4.69) is 0 Å². The zero-order valence-electron chi connectivity index (χ0n) is 10.1. The molecule has 2 nitrogen and oxygen atoms in total. The molecule has 0 bridgehead atoms. The quantitative estimate of drug-likeness (QED) is 0.762. The smallest absolute Gasteiger partial charge is 0.122 e. The summed E-state index contributed by atoms with van der Waals surface area (Å²) in [6, 6.07) is 5.55. The van der Waals surface area contributed by atoms with Crippen LogP contribution in [0.1, 0.15) is 25.3 Å². The van der Waals surface area contributed by atoms with Crippen LogP contribution in [-0.4, -0.2) is 19.3 Å². The van der Waals surface area contributed by atoms with Gasteiger partial charge in [-0.2, -0.15) is 0 Å². The first-order valence-electron chi connectivity index (χ1n) is 5.90. The van der Waals surface area contributed by atoms with Crippen LogP contribution in [0.25, 0.3) is 0 Å². The molecule has 0 aliphatic carbocycles. The molecule has 0 saturated carbocycles. The fourth-order valence-electron chi connectivity index (χ4n) is 1.51. The van der Waals surface area contributed by atoms with E-state index in [9.17, 15) is 4.39 Å². The number of hydrogen-bond acceptors (Lipinski definition) is 2. The Bertz CT molecular complexity index is 346. The molecule has 0 aliphatic heterocycles. The Morgan fingerprint density at radius 2 is 2.24 bits per heavy atom. The van der Waals surface area contributed by atoms with Crippen LogP contribution < -0.4 is 10.5 Å². The zero-order chi connectivity index (χ0) is 12.7. The van der Waals surface area contributed by atoms with E-state index in [1.165, 1.54) is 0 Å². The molecule has 4 heteroatoms. The Kier molecular flexibility index (Phi) is 6.30. The van der Waals surface area contributed by atoms with Gasteiger partial charge in [0.15, 0.2) is 0 Å². The molecule has 0 radical (unpaired) electrons. The fourth-order valence-corrected chi connectivity index (χ4v) is 1.71. The van der Waals surface area contributed by atoms with E-state index < -0.39 is 0 Å². The van der Waals surface area contributed by atoms with Crippen molar-refractivity contribution >= 4 is 11.6 Å². The third kappa shape index (κ3) is 4.92. The summed E-state index contributed by atoms with van der Waals surface area (Å²) in [5.41, 5.74) is 6.91. The monoisotopic (exact) mass is 259 g/mol. The van der Waals surface area contributed by atoms with Gasteiger partial charge in [0, 0.05) is 17.5 Å². The molecule has 96 valence electrons. The predicted octanol–water partition coefficient (Wildman–Crippen LogP) is 3.36. The van der Waals surface area contributed by atoms with Crippen molar-refractivity contribution in [3.05, 3.63) is 28.8 Å². The highest BCUT2D eigenvalue weighted by Gasteiger charge is 2.08. The molecule has 2 N–H and O–H groups in total. The number of halogens is 2. The van der Waals surface area contributed by atoms with Gasteiger partial charge in [0.2, 0.25) is 0 Å². The average molecular weight is 260 g/mol. The predicted molar refractivity (Wildman–Crippen MR) is 69.5 cm³/mol. The van der Waals surface area contributed by atoms with Crippen molar-refractivity contribution in [1.29, 1.82) is 0 Å². The molecule has 1 aromatic rings. The molecule has 0 aliphatic rings. The van der Waals surface area contributed by atoms with Gasteiger partial charge in [-0.3, -0.25) is 4.39 Å². The lowest BCUT2D eigenvalue weighted by atomic mass is 10.0. The maximum Gasteiger partial charge on any atom is 0.122 e. The van der Waals surface area contributed by atoms with Crippen LogP contribution in [-0.2, 0) is 6.42 Å². The van der Waals surface area contributed by atoms with Crippen molar-refractivity contribution < 1.29 is 9.13 Å². The normalized spacial score (nSPS) is 12.5. The summed E-state index contributed by atoms with van der Waals surface area (Å²) < 4.78 is 17.5. The van der Waals surface area contributed by atoms with Crippen molar-refractivity contribution in [3.63, 3.8) is 0 Å². The average Bonchev–Trinajstić information content (AvgIpc) is 2.32. The standard InChI is InChI=1S/C13H19ClFNO/c1-2-12(16)9-10-8-11(14)4-5-13(10)17-7-3-6-15/h4-5,8,12H,2-3,6-7,9,16H2,1H3. The lowest BCUT2D eigenvalue weighted by Gasteiger charge is -2.14. The maximum absolute atomic E-state index is 12.0. The fraction of sp³-hybridized carbons (Fsp3) is 0.538. The summed E-state index contributed by atoms with van der Waals surface area (Å²) in [7, 11) is 0. The molecular weight excluding hydrogens is 241 g/mol. The number of alkyl halides is 1. The molecular formula is C13H19ClFNO. The Morgan fingerprint density at radius 3 is 2.88 bits per heavy atom. The van der Waals surface area contributed by atoms with E-state index in [1.807, 2.05) is 19.1 Å². The highest BCUT2D eigenvalue weighted by atomic mass is 35.5. The molecule has 1 rings (SSSR count). The van der Waals surface area contributed by atoms with E-state index >= 15 is 0 Å². The third-order valence-corrected chi connectivity index (χ3v) is 2.80. The Hall–Kier alpha value is -0.800. The van der Waals surface area contributed by atoms with Crippen LogP contribution in [0.3, 0.4) is 0 Å². The van der Waals surface area contributed by atoms with Crippen molar-refractivity contribution in [2.45, 2.75) is 32.2 Å². The number of benzene rings is 1. The minimum Gasteiger partial charge on any atom is -0.493 e. The van der Waals surface area contributed by atoms with Gasteiger partial charge >= 0.3 is 0 Å². The molecule has 0 spiro atoms. The minimum atomic E-state index is -0.364. The van der Waals surface area contributed by atoms with E-state index in [4.69, 9.17) is 22.1 Å². The van der Waals surface area contributed by atoms with Gasteiger partial charge in [0.05, 0.1) is 13.3 Å². The Balaban J connectivity index is 2.72. The van der Waals surface area contributed by atoms with Crippen LogP contribution in [0.4, 0.5) is 4.39 Å². The first-order chi connectivity index (χ1) is 8.17. The first kappa shape index (κ1) is 14.3. The number of nitrogens with two attached hydrogens (primary N) is 1. The van der Waals surface area contributed by atoms with Crippen LogP contribution in [0.2, 0.25) is 5.02 Å². The highest BCUT2D eigenvalue weighted by molar-refractivity contribution is 6.30. The second-order valence-corrected chi connectivity index (χ2v) is 4.45. The van der Waals surface area contributed by atoms with Crippen LogP contribution in [0.15, 0.2) is 18.2 Å². The van der Waals surface area contributed by atoms with Crippen LogP contribution in [0, 0.1) is 0 Å². The molecule has 0 aromatic heterocycles. The minimum absolute atomic E-state index is 0.0944. The van der Waals surface area contributed by atoms with Gasteiger partial charge in [0.1, 0.15) is 5.75 Å². The Labute approximate surface area is 107 Å². The largest absolute Gasteiger partial charge is 0.493 e. The van der Waals surface area contributed by atoms with Crippen molar-refractivity contribution in [3.8, 4) is 5.75 Å². The molecule has 0 fully saturated rings. The zero-order valence-corrected chi connectivity index (χ0v) is 10.8. The Morgan fingerprint density at radius 1 is 1.47 bits per heavy atom. The molecule has 1 unspecified atom stereocenters. The summed E-state index contributed by atoms with van der Waals surface area (Å²) in [6.45, 7) is 2.06. The van der Waals surface area contributed by atoms with Crippen molar-refractivity contribution in [2.75, 3.05) is 13.3 Å². The molecule has 1 atom stereocenters. The molecule has 0 heterocycles. The van der Waals surface area contributed by atoms with Gasteiger partial charge in [-0.25, -0.2) is 0 Å². The highest BCUT2D eigenvalue weighted by Crippen LogP contribution is 2.24. The number of hydrogen-bond donors (Lipinski definition) is 1. The van der Waals surface area contributed by atoms with E-state index in [-0.39, 0.29) is 12.7 Å². The molecule has 17 heavy (non-hydrogen) atoms. The second kappa shape index (κ2) is 7.51. The first-order valence-corrected chi connectivity index (χ1v) is 6.28. The third-order valence-electron chi connectivity index (χ3n) is 2.56. The van der Waals surface area contributed by atoms with Gasteiger partial charge in [-0.1, -0.05) is 18.5 Å². The van der Waals surface area contributed by atoms with Crippen molar-refractivity contribution in [2.24, 2.45) is 5.73 Å². The second-order valence-electron chi connectivity index (χ2n) is 4.02. The summed E-state index contributed by atoms with van der Waals surface area (Å²) in [5, 5.41) is 0.668. The van der Waals surface area contributed by atoms with Gasteiger partial charge < -0.3 is 10.5 Å². The van der Waals surface area contributed by atoms with E-state index in [0.717, 1.165) is 24.2 Å². The SMILES string of the molecule is CCC(N)Cc1cc(Cl)ccc1OCCCF. The molecule has 0 amide bonds. The van der Waals surface area contributed by atoms with Gasteiger partial charge in [0.25, 0.3) is 0 Å². The van der Waals surface area contributed by atoms with E-state index in [0.29, 0.717) is 18.1 Å². The summed E-state index contributed by atoms with van der Waals surface area (Å²) in [6.07, 6.45) is 2.03. The van der Waals surface area contributed by atoms with Crippen LogP contribution in [0.5, 0.6) is 5.75 Å². The summed E-state index contributed by atoms with van der Waals surface area (Å²) >= 11 is 5.95. The molecule has 1 aromatic carbocycles. The lowest BCUT2D eigenvalue weighted by molar-refractivity contribution is 0.286.